The number of halogens is 1. The number of hydrogen-bond donors (Lipinski definition) is 1. The average molecular weight is 417 g/mol. The van der Waals surface area contributed by atoms with Gasteiger partial charge < -0.3 is 5.73 Å². The summed E-state index contributed by atoms with van der Waals surface area (Å²) in [5.41, 5.74) is 12.0. The number of nitrogens with two attached hydrogens (primary N) is 1. The van der Waals surface area contributed by atoms with Gasteiger partial charge >= 0.3 is 0 Å². The van der Waals surface area contributed by atoms with Crippen molar-refractivity contribution in [2.45, 2.75) is 45.1 Å². The maximum Gasteiger partial charge on any atom is 0.128 e. The normalized spacial score (nSPS) is 13.5. The van der Waals surface area contributed by atoms with Gasteiger partial charge in [0.25, 0.3) is 0 Å². The van der Waals surface area contributed by atoms with E-state index < -0.39 is 0 Å². The van der Waals surface area contributed by atoms with Crippen molar-refractivity contribution >= 4 is 10.9 Å². The summed E-state index contributed by atoms with van der Waals surface area (Å²) in [5.74, 6) is -0.167. The summed E-state index contributed by atoms with van der Waals surface area (Å²) in [6.07, 6.45) is 6.23. The minimum atomic E-state index is -0.196. The van der Waals surface area contributed by atoms with E-state index in [0.717, 1.165) is 40.6 Å². The number of benzene rings is 2. The summed E-state index contributed by atoms with van der Waals surface area (Å²) in [6.45, 7) is 4.05. The Hall–Kier alpha value is -3.05. The molecule has 0 amide bonds. The van der Waals surface area contributed by atoms with Crippen LogP contribution in [0.15, 0.2) is 60.9 Å². The maximum atomic E-state index is 15.0. The van der Waals surface area contributed by atoms with E-state index in [9.17, 15) is 0 Å². The molecule has 4 rings (SSSR count). The van der Waals surface area contributed by atoms with Crippen molar-refractivity contribution in [3.05, 3.63) is 94.7 Å². The van der Waals surface area contributed by atoms with Crippen LogP contribution in [0.3, 0.4) is 0 Å². The molecule has 2 atom stereocenters. The van der Waals surface area contributed by atoms with Crippen molar-refractivity contribution in [1.29, 1.82) is 0 Å². The van der Waals surface area contributed by atoms with Gasteiger partial charge in [0.1, 0.15) is 5.82 Å². The van der Waals surface area contributed by atoms with Gasteiger partial charge in [0.2, 0.25) is 0 Å². The molecular weight excluding hydrogens is 387 g/mol. The molecule has 0 radical (unpaired) electrons. The lowest BCUT2D eigenvalue weighted by molar-refractivity contribution is 0.577. The highest BCUT2D eigenvalue weighted by atomic mass is 19.1. The Balaban J connectivity index is 1.74. The first-order valence-corrected chi connectivity index (χ1v) is 10.8. The van der Waals surface area contributed by atoms with Crippen LogP contribution in [-0.4, -0.2) is 14.8 Å². The van der Waals surface area contributed by atoms with Crippen molar-refractivity contribution < 1.29 is 4.39 Å². The molecule has 0 aliphatic rings. The number of nitrogens with zero attached hydrogens (tertiary/aromatic N) is 3. The van der Waals surface area contributed by atoms with Gasteiger partial charge in [-0.1, -0.05) is 37.3 Å². The van der Waals surface area contributed by atoms with Crippen molar-refractivity contribution in [2.24, 2.45) is 12.8 Å². The van der Waals surface area contributed by atoms with Gasteiger partial charge in [-0.15, -0.1) is 0 Å². The first-order valence-electron chi connectivity index (χ1n) is 10.8. The maximum absolute atomic E-state index is 15.0. The first-order chi connectivity index (χ1) is 14.9. The van der Waals surface area contributed by atoms with Crippen LogP contribution in [-0.2, 0) is 19.9 Å². The predicted molar refractivity (Wildman–Crippen MR) is 123 cm³/mol. The van der Waals surface area contributed by atoms with Crippen LogP contribution in [0.4, 0.5) is 4.39 Å². The number of rotatable bonds is 7. The lowest BCUT2D eigenvalue weighted by atomic mass is 9.90. The second-order valence-corrected chi connectivity index (χ2v) is 8.47. The molecule has 0 fully saturated rings. The molecule has 0 saturated heterocycles. The second kappa shape index (κ2) is 8.98. The lowest BCUT2D eigenvalue weighted by Gasteiger charge is -2.19. The van der Waals surface area contributed by atoms with Crippen molar-refractivity contribution in [3.63, 3.8) is 0 Å². The summed E-state index contributed by atoms with van der Waals surface area (Å²) in [6, 6.07) is 15.5. The summed E-state index contributed by atoms with van der Waals surface area (Å²) >= 11 is 0. The Labute approximate surface area is 182 Å². The van der Waals surface area contributed by atoms with E-state index >= 15 is 4.39 Å². The third-order valence-corrected chi connectivity index (χ3v) is 5.91. The molecule has 0 aliphatic heterocycles. The van der Waals surface area contributed by atoms with Crippen molar-refractivity contribution in [3.8, 4) is 0 Å². The second-order valence-electron chi connectivity index (χ2n) is 8.47. The van der Waals surface area contributed by atoms with Crippen LogP contribution in [0.5, 0.6) is 0 Å². The fourth-order valence-electron chi connectivity index (χ4n) is 4.21. The zero-order valence-corrected chi connectivity index (χ0v) is 18.3. The van der Waals surface area contributed by atoms with Gasteiger partial charge in [0, 0.05) is 36.7 Å². The third-order valence-electron chi connectivity index (χ3n) is 5.91. The zero-order chi connectivity index (χ0) is 22.0. The third kappa shape index (κ3) is 4.67. The molecule has 1 unspecified atom stereocenters. The van der Waals surface area contributed by atoms with E-state index in [1.807, 2.05) is 50.6 Å². The molecule has 4 aromatic rings. The van der Waals surface area contributed by atoms with Gasteiger partial charge in [0.15, 0.2) is 0 Å². The number of aromatic nitrogens is 3. The van der Waals surface area contributed by atoms with E-state index in [4.69, 9.17) is 10.7 Å². The average Bonchev–Trinajstić information content (AvgIpc) is 3.17. The summed E-state index contributed by atoms with van der Waals surface area (Å²) in [7, 11) is 1.91. The fourth-order valence-corrected chi connectivity index (χ4v) is 4.21. The molecule has 5 heteroatoms. The Morgan fingerprint density at radius 1 is 1.06 bits per heavy atom. The Bertz CT molecular complexity index is 1180. The smallest absolute Gasteiger partial charge is 0.128 e. The number of aryl methyl sites for hydroxylation is 2. The van der Waals surface area contributed by atoms with Crippen molar-refractivity contribution in [1.82, 2.24) is 14.8 Å². The highest BCUT2D eigenvalue weighted by molar-refractivity contribution is 5.83. The standard InChI is InChI=1S/C26H29FN4/c1-17(9-10-20-15-29-31(3)16-20)25-23(27)12-11-21-14-22(18(2)28)24(30-26(21)25)13-19-7-5-4-6-8-19/h4-8,11-12,14-18H,9-10,13,28H2,1-3H3/t17?,18-/m0/s1. The minimum absolute atomic E-state index is 0.0298. The molecule has 2 aromatic heterocycles. The van der Waals surface area contributed by atoms with Crippen molar-refractivity contribution in [2.75, 3.05) is 0 Å². The zero-order valence-electron chi connectivity index (χ0n) is 18.3. The molecule has 31 heavy (non-hydrogen) atoms. The molecule has 0 aliphatic carbocycles. The largest absolute Gasteiger partial charge is 0.324 e. The van der Waals surface area contributed by atoms with Gasteiger partial charge in [-0.05, 0) is 60.6 Å². The van der Waals surface area contributed by atoms with Gasteiger partial charge in [-0.3, -0.25) is 9.67 Å². The Morgan fingerprint density at radius 3 is 2.52 bits per heavy atom. The SMILES string of the molecule is CC(CCc1cnn(C)c1)c1c(F)ccc2cc([C@H](C)N)c(Cc3ccccc3)nc12. The molecular formula is C26H29FN4. The lowest BCUT2D eigenvalue weighted by Crippen LogP contribution is -2.12. The van der Waals surface area contributed by atoms with E-state index in [2.05, 4.69) is 30.2 Å². The quantitative estimate of drug-likeness (QED) is 0.436. The molecule has 160 valence electrons. The van der Waals surface area contributed by atoms with Gasteiger partial charge in [-0.2, -0.15) is 5.10 Å². The van der Waals surface area contributed by atoms with Crippen LogP contribution >= 0.6 is 0 Å². The minimum Gasteiger partial charge on any atom is -0.324 e. The van der Waals surface area contributed by atoms with Crippen LogP contribution in [0.1, 0.15) is 60.2 Å². The molecule has 4 nitrogen and oxygen atoms in total. The summed E-state index contributed by atoms with van der Waals surface area (Å²) < 4.78 is 16.8. The highest BCUT2D eigenvalue weighted by Crippen LogP contribution is 2.32. The van der Waals surface area contributed by atoms with Crippen LogP contribution in [0, 0.1) is 5.82 Å². The summed E-state index contributed by atoms with van der Waals surface area (Å²) in [4.78, 5) is 5.00. The van der Waals surface area contributed by atoms with Gasteiger partial charge in [0.05, 0.1) is 17.4 Å². The molecule has 2 aromatic carbocycles. The fraction of sp³-hybridized carbons (Fsp3) is 0.308. The topological polar surface area (TPSA) is 56.7 Å². The van der Waals surface area contributed by atoms with Gasteiger partial charge in [-0.25, -0.2) is 4.39 Å². The predicted octanol–water partition coefficient (Wildman–Crippen LogP) is 5.45. The van der Waals surface area contributed by atoms with E-state index in [1.165, 1.54) is 5.56 Å². The van der Waals surface area contributed by atoms with E-state index in [-0.39, 0.29) is 17.8 Å². The van der Waals surface area contributed by atoms with Crippen LogP contribution in [0.2, 0.25) is 0 Å². The molecule has 0 saturated carbocycles. The Morgan fingerprint density at radius 2 is 1.84 bits per heavy atom. The number of pyridine rings is 1. The number of hydrogen-bond acceptors (Lipinski definition) is 3. The summed E-state index contributed by atoms with van der Waals surface area (Å²) in [5, 5.41) is 5.17. The molecule has 2 heterocycles. The highest BCUT2D eigenvalue weighted by Gasteiger charge is 2.19. The van der Waals surface area contributed by atoms with Crippen LogP contribution in [0.25, 0.3) is 10.9 Å². The Kier molecular flexibility index (Phi) is 6.14. The molecule has 0 spiro atoms. The van der Waals surface area contributed by atoms with Crippen LogP contribution < -0.4 is 5.73 Å². The number of fused-ring (bicyclic) bond motifs is 1. The first kappa shape index (κ1) is 21.2. The van der Waals surface area contributed by atoms with E-state index in [0.29, 0.717) is 12.0 Å². The monoisotopic (exact) mass is 416 g/mol. The molecule has 2 N–H and O–H groups in total. The molecule has 0 bridgehead atoms. The van der Waals surface area contributed by atoms with E-state index in [1.54, 1.807) is 10.7 Å².